The maximum absolute atomic E-state index is 12.6. The molecule has 0 fully saturated rings. The average Bonchev–Trinajstić information content (AvgIpc) is 3.11. The van der Waals surface area contributed by atoms with Crippen LogP contribution in [0.1, 0.15) is 20.3 Å². The van der Waals surface area contributed by atoms with Crippen molar-refractivity contribution in [2.75, 3.05) is 5.32 Å². The van der Waals surface area contributed by atoms with Crippen LogP contribution in [0.2, 0.25) is 0 Å². The number of nitrogens with one attached hydrogen (secondary N) is 1. The average molecular weight is 412 g/mol. The van der Waals surface area contributed by atoms with E-state index in [-0.39, 0.29) is 17.3 Å². The summed E-state index contributed by atoms with van der Waals surface area (Å²) in [6.45, 7) is 4.48. The van der Waals surface area contributed by atoms with Crippen LogP contribution in [0.3, 0.4) is 0 Å². The summed E-state index contributed by atoms with van der Waals surface area (Å²) in [6.07, 6.45) is 4.26. The van der Waals surface area contributed by atoms with Crippen molar-refractivity contribution in [1.82, 2.24) is 19.7 Å². The molecule has 1 aromatic carbocycles. The van der Waals surface area contributed by atoms with Gasteiger partial charge in [0.1, 0.15) is 5.69 Å². The van der Waals surface area contributed by atoms with Gasteiger partial charge in [-0.15, -0.1) is 10.2 Å². The van der Waals surface area contributed by atoms with Crippen molar-refractivity contribution in [2.45, 2.75) is 37.2 Å². The van der Waals surface area contributed by atoms with Gasteiger partial charge in [0.2, 0.25) is 5.91 Å². The van der Waals surface area contributed by atoms with E-state index in [9.17, 15) is 14.9 Å². The first-order chi connectivity index (χ1) is 14.0. The summed E-state index contributed by atoms with van der Waals surface area (Å²) >= 11 is 1.26. The van der Waals surface area contributed by atoms with Crippen molar-refractivity contribution in [1.29, 1.82) is 0 Å². The molecular weight excluding hydrogens is 392 g/mol. The number of nitrogens with zero attached hydrogens (tertiary/aromatic N) is 5. The third kappa shape index (κ3) is 4.77. The summed E-state index contributed by atoms with van der Waals surface area (Å²) in [5.41, 5.74) is 0.916. The largest absolute Gasteiger partial charge is 0.319 e. The van der Waals surface area contributed by atoms with Gasteiger partial charge in [-0.3, -0.25) is 19.9 Å². The number of para-hydroxylation sites is 2. The Morgan fingerprint density at radius 3 is 2.66 bits per heavy atom. The Kier molecular flexibility index (Phi) is 6.55. The number of pyridine rings is 1. The molecule has 0 bridgehead atoms. The molecule has 0 spiro atoms. The number of nitro groups is 1. The summed E-state index contributed by atoms with van der Waals surface area (Å²) in [4.78, 5) is 27.3. The second kappa shape index (κ2) is 9.28. The van der Waals surface area contributed by atoms with Crippen LogP contribution in [0, 0.1) is 10.1 Å². The van der Waals surface area contributed by atoms with Gasteiger partial charge in [-0.05, 0) is 31.5 Å². The Morgan fingerprint density at radius 1 is 1.24 bits per heavy atom. The molecule has 1 N–H and O–H groups in total. The van der Waals surface area contributed by atoms with E-state index < -0.39 is 10.2 Å². The minimum atomic E-state index is -0.528. The topological polar surface area (TPSA) is 116 Å². The first-order valence-electron chi connectivity index (χ1n) is 9.05. The van der Waals surface area contributed by atoms with Crippen LogP contribution in [0.5, 0.6) is 0 Å². The van der Waals surface area contributed by atoms with E-state index in [1.54, 1.807) is 31.5 Å². The van der Waals surface area contributed by atoms with Crippen molar-refractivity contribution >= 4 is 29.0 Å². The van der Waals surface area contributed by atoms with Gasteiger partial charge in [0.15, 0.2) is 11.0 Å². The molecule has 3 rings (SSSR count). The van der Waals surface area contributed by atoms with Crippen LogP contribution in [-0.2, 0) is 11.3 Å². The second-order valence-corrected chi connectivity index (χ2v) is 7.53. The summed E-state index contributed by atoms with van der Waals surface area (Å²) in [6, 6.07) is 9.77. The van der Waals surface area contributed by atoms with Crippen LogP contribution in [0.25, 0.3) is 11.4 Å². The van der Waals surface area contributed by atoms with E-state index in [0.717, 1.165) is 12.0 Å². The molecule has 0 aliphatic carbocycles. The van der Waals surface area contributed by atoms with Gasteiger partial charge in [0.05, 0.1) is 10.2 Å². The summed E-state index contributed by atoms with van der Waals surface area (Å²) in [7, 11) is 0. The lowest BCUT2D eigenvalue weighted by molar-refractivity contribution is -0.383. The molecule has 0 saturated heterocycles. The van der Waals surface area contributed by atoms with Crippen molar-refractivity contribution in [2.24, 2.45) is 0 Å². The molecule has 150 valence electrons. The molecule has 10 heteroatoms. The van der Waals surface area contributed by atoms with E-state index in [0.29, 0.717) is 17.5 Å². The molecule has 1 atom stereocenters. The third-order valence-electron chi connectivity index (χ3n) is 4.11. The molecule has 3 aromatic rings. The highest BCUT2D eigenvalue weighted by atomic mass is 32.2. The maximum Gasteiger partial charge on any atom is 0.292 e. The lowest BCUT2D eigenvalue weighted by Crippen LogP contribution is -2.23. The van der Waals surface area contributed by atoms with Gasteiger partial charge in [-0.2, -0.15) is 0 Å². The van der Waals surface area contributed by atoms with Crippen molar-refractivity contribution in [3.8, 4) is 11.4 Å². The Morgan fingerprint density at radius 2 is 1.97 bits per heavy atom. The number of thioether (sulfide) groups is 1. The summed E-state index contributed by atoms with van der Waals surface area (Å²) < 4.78 is 1.97. The van der Waals surface area contributed by atoms with Crippen LogP contribution >= 0.6 is 11.8 Å². The van der Waals surface area contributed by atoms with Gasteiger partial charge in [-0.1, -0.05) is 30.8 Å². The van der Waals surface area contributed by atoms with E-state index >= 15 is 0 Å². The number of hydrogen-bond donors (Lipinski definition) is 1. The predicted octanol–water partition coefficient (Wildman–Crippen LogP) is 3.78. The lowest BCUT2D eigenvalue weighted by atomic mass is 10.2. The number of hydrogen-bond acceptors (Lipinski definition) is 7. The zero-order valence-corrected chi connectivity index (χ0v) is 16.8. The van der Waals surface area contributed by atoms with E-state index in [1.165, 1.54) is 23.9 Å². The zero-order valence-electron chi connectivity index (χ0n) is 16.0. The predicted molar refractivity (Wildman–Crippen MR) is 111 cm³/mol. The van der Waals surface area contributed by atoms with Gasteiger partial charge in [-0.25, -0.2) is 0 Å². The molecule has 29 heavy (non-hydrogen) atoms. The Balaban J connectivity index is 1.78. The first-order valence-corrected chi connectivity index (χ1v) is 9.93. The molecule has 2 aromatic heterocycles. The number of aromatic nitrogens is 4. The third-order valence-corrected chi connectivity index (χ3v) is 5.19. The molecule has 1 amide bonds. The number of carbonyl (C=O) groups is 1. The smallest absolute Gasteiger partial charge is 0.292 e. The fourth-order valence-corrected chi connectivity index (χ4v) is 3.58. The molecule has 0 aliphatic heterocycles. The van der Waals surface area contributed by atoms with Gasteiger partial charge in [0, 0.05) is 30.6 Å². The van der Waals surface area contributed by atoms with E-state index in [2.05, 4.69) is 27.4 Å². The Hall–Kier alpha value is -3.27. The van der Waals surface area contributed by atoms with Crippen molar-refractivity contribution < 1.29 is 9.72 Å². The van der Waals surface area contributed by atoms with Gasteiger partial charge in [0.25, 0.3) is 5.69 Å². The fourth-order valence-electron chi connectivity index (χ4n) is 2.70. The molecular formula is C19H20N6O3S. The number of benzene rings is 1. The molecule has 2 heterocycles. The highest BCUT2D eigenvalue weighted by molar-refractivity contribution is 8.00. The normalized spacial score (nSPS) is 11.8. The number of nitro benzene ring substituents is 1. The van der Waals surface area contributed by atoms with Crippen molar-refractivity contribution in [3.05, 3.63) is 58.9 Å². The molecule has 0 saturated carbocycles. The minimum absolute atomic E-state index is 0.146. The molecule has 0 radical (unpaired) electrons. The number of rotatable bonds is 8. The van der Waals surface area contributed by atoms with E-state index in [4.69, 9.17) is 0 Å². The number of carbonyl (C=O) groups excluding carboxylic acids is 1. The quantitative estimate of drug-likeness (QED) is 0.340. The van der Waals surface area contributed by atoms with Gasteiger partial charge >= 0.3 is 0 Å². The fraction of sp³-hybridized carbons (Fsp3) is 0.263. The zero-order chi connectivity index (χ0) is 20.8. The molecule has 0 unspecified atom stereocenters. The Bertz CT molecular complexity index is 1010. The number of amides is 1. The Labute approximate surface area is 171 Å². The highest BCUT2D eigenvalue weighted by Crippen LogP contribution is 2.29. The summed E-state index contributed by atoms with van der Waals surface area (Å²) in [5, 5.41) is 22.4. The first kappa shape index (κ1) is 20.5. The monoisotopic (exact) mass is 412 g/mol. The summed E-state index contributed by atoms with van der Waals surface area (Å²) in [5.74, 6) is 0.365. The number of anilines is 1. The van der Waals surface area contributed by atoms with Crippen LogP contribution in [-0.4, -0.2) is 35.8 Å². The molecule has 9 nitrogen and oxygen atoms in total. The van der Waals surface area contributed by atoms with E-state index in [1.807, 2.05) is 16.7 Å². The minimum Gasteiger partial charge on any atom is -0.319 e. The van der Waals surface area contributed by atoms with Crippen LogP contribution in [0.15, 0.2) is 53.9 Å². The van der Waals surface area contributed by atoms with Crippen molar-refractivity contribution in [3.63, 3.8) is 0 Å². The SMILES string of the molecule is CCCn1c(S[C@H](C)C(=O)Nc2ccccc2[N+](=O)[O-])nnc1-c1ccncc1. The van der Waals surface area contributed by atoms with Gasteiger partial charge < -0.3 is 9.88 Å². The second-order valence-electron chi connectivity index (χ2n) is 6.22. The maximum atomic E-state index is 12.6. The highest BCUT2D eigenvalue weighted by Gasteiger charge is 2.23. The van der Waals surface area contributed by atoms with Crippen LogP contribution in [0.4, 0.5) is 11.4 Å². The van der Waals surface area contributed by atoms with Crippen LogP contribution < -0.4 is 5.32 Å². The molecule has 0 aliphatic rings. The standard InChI is InChI=1S/C19H20N6O3S/c1-3-12-24-17(14-8-10-20-11-9-14)22-23-19(24)29-13(2)18(26)21-15-6-4-5-7-16(15)25(27)28/h4-11,13H,3,12H2,1-2H3,(H,21,26)/t13-/m1/s1. The lowest BCUT2D eigenvalue weighted by Gasteiger charge is -2.13.